The molecule has 1 saturated heterocycles. The van der Waals surface area contributed by atoms with Gasteiger partial charge in [-0.15, -0.1) is 0 Å². The van der Waals surface area contributed by atoms with Crippen molar-refractivity contribution in [2.45, 2.75) is 25.2 Å². The number of nitrogens with one attached hydrogen (secondary N) is 2. The summed E-state index contributed by atoms with van der Waals surface area (Å²) in [6.07, 6.45) is 0.976. The van der Waals surface area contributed by atoms with E-state index in [0.29, 0.717) is 23.6 Å². The van der Waals surface area contributed by atoms with E-state index in [-0.39, 0.29) is 4.90 Å². The van der Waals surface area contributed by atoms with Crippen LogP contribution in [0.4, 0.5) is 4.39 Å². The Morgan fingerprint density at radius 3 is 2.53 bits per heavy atom. The summed E-state index contributed by atoms with van der Waals surface area (Å²) in [6, 6.07) is 2.50. The summed E-state index contributed by atoms with van der Waals surface area (Å²) in [5.74, 6) is -0.0789. The van der Waals surface area contributed by atoms with E-state index in [1.807, 2.05) is 0 Å². The maximum atomic E-state index is 13.2. The van der Waals surface area contributed by atoms with Gasteiger partial charge in [0.2, 0.25) is 10.0 Å². The second-order valence-electron chi connectivity index (χ2n) is 5.08. The molecule has 0 radical (unpaired) electrons. The van der Waals surface area contributed by atoms with Crippen molar-refractivity contribution < 1.29 is 12.8 Å². The van der Waals surface area contributed by atoms with E-state index < -0.39 is 15.8 Å². The highest BCUT2D eigenvalue weighted by molar-refractivity contribution is 7.89. The van der Waals surface area contributed by atoms with Crippen LogP contribution in [0.25, 0.3) is 0 Å². The van der Waals surface area contributed by atoms with Crippen molar-refractivity contribution in [2.75, 3.05) is 19.6 Å². The third-order valence-electron chi connectivity index (χ3n) is 3.42. The number of benzene rings is 1. The molecule has 1 heterocycles. The van der Waals surface area contributed by atoms with Gasteiger partial charge in [-0.2, -0.15) is 0 Å². The van der Waals surface area contributed by atoms with Crippen molar-refractivity contribution in [2.24, 2.45) is 5.92 Å². The van der Waals surface area contributed by atoms with Crippen molar-refractivity contribution in [1.29, 1.82) is 0 Å². The Morgan fingerprint density at radius 1 is 1.37 bits per heavy atom. The van der Waals surface area contributed by atoms with Gasteiger partial charge in [0.05, 0.1) is 4.90 Å². The molecule has 0 spiro atoms. The molecule has 19 heavy (non-hydrogen) atoms. The van der Waals surface area contributed by atoms with Crippen molar-refractivity contribution in [1.82, 2.24) is 10.0 Å². The fourth-order valence-electron chi connectivity index (χ4n) is 2.51. The fourth-order valence-corrected chi connectivity index (χ4v) is 4.07. The zero-order chi connectivity index (χ0) is 14.0. The molecule has 0 amide bonds. The highest BCUT2D eigenvalue weighted by Crippen LogP contribution is 2.21. The maximum Gasteiger partial charge on any atom is 0.241 e. The number of hydrogen-bond acceptors (Lipinski definition) is 3. The molecule has 0 aromatic heterocycles. The first-order valence-electron chi connectivity index (χ1n) is 6.37. The van der Waals surface area contributed by atoms with Gasteiger partial charge >= 0.3 is 0 Å². The van der Waals surface area contributed by atoms with Crippen molar-refractivity contribution in [3.8, 4) is 0 Å². The Balaban J connectivity index is 2.19. The third-order valence-corrected chi connectivity index (χ3v) is 5.15. The summed E-state index contributed by atoms with van der Waals surface area (Å²) in [6.45, 7) is 5.42. The highest BCUT2D eigenvalue weighted by Gasteiger charge is 2.22. The summed E-state index contributed by atoms with van der Waals surface area (Å²) < 4.78 is 40.4. The molecule has 1 aromatic carbocycles. The number of aryl methyl sites for hydroxylation is 2. The van der Waals surface area contributed by atoms with Crippen LogP contribution in [0.1, 0.15) is 17.5 Å². The van der Waals surface area contributed by atoms with Gasteiger partial charge in [0.15, 0.2) is 0 Å². The standard InChI is InChI=1S/C13H19FN2O2S/c1-9-5-12(14)6-10(2)13(9)19(17,18)16-8-11-3-4-15-7-11/h5-6,11,15-16H,3-4,7-8H2,1-2H3. The lowest BCUT2D eigenvalue weighted by molar-refractivity contribution is 0.537. The molecule has 1 aliphatic heterocycles. The molecule has 0 aliphatic carbocycles. The molecule has 2 N–H and O–H groups in total. The van der Waals surface area contributed by atoms with E-state index in [0.717, 1.165) is 19.5 Å². The second kappa shape index (κ2) is 5.56. The van der Waals surface area contributed by atoms with Crippen LogP contribution in [0.15, 0.2) is 17.0 Å². The van der Waals surface area contributed by atoms with Crippen molar-refractivity contribution >= 4 is 10.0 Å². The van der Waals surface area contributed by atoms with E-state index in [4.69, 9.17) is 0 Å². The van der Waals surface area contributed by atoms with Crippen molar-refractivity contribution in [3.05, 3.63) is 29.1 Å². The van der Waals surface area contributed by atoms with Crippen LogP contribution in [0.5, 0.6) is 0 Å². The molecule has 2 rings (SSSR count). The summed E-state index contributed by atoms with van der Waals surface area (Å²) in [7, 11) is -3.57. The first-order chi connectivity index (χ1) is 8.90. The van der Waals surface area contributed by atoms with Crippen molar-refractivity contribution in [3.63, 3.8) is 0 Å². The first kappa shape index (κ1) is 14.4. The van der Waals surface area contributed by atoms with Crippen LogP contribution >= 0.6 is 0 Å². The lowest BCUT2D eigenvalue weighted by atomic mass is 10.1. The molecule has 1 atom stereocenters. The molecule has 1 fully saturated rings. The molecule has 1 unspecified atom stereocenters. The third kappa shape index (κ3) is 3.32. The quantitative estimate of drug-likeness (QED) is 0.878. The van der Waals surface area contributed by atoms with Gasteiger partial charge in [-0.1, -0.05) is 0 Å². The second-order valence-corrected chi connectivity index (χ2v) is 6.78. The van der Waals surface area contributed by atoms with E-state index >= 15 is 0 Å². The van der Waals surface area contributed by atoms with E-state index in [1.165, 1.54) is 12.1 Å². The Morgan fingerprint density at radius 2 is 2.00 bits per heavy atom. The van der Waals surface area contributed by atoms with Gasteiger partial charge in [-0.3, -0.25) is 0 Å². The van der Waals surface area contributed by atoms with Gasteiger partial charge in [-0.25, -0.2) is 17.5 Å². The van der Waals surface area contributed by atoms with E-state index in [1.54, 1.807) is 13.8 Å². The lowest BCUT2D eigenvalue weighted by Gasteiger charge is -2.14. The Bertz CT molecular complexity index is 543. The number of halogens is 1. The summed E-state index contributed by atoms with van der Waals surface area (Å²) in [5, 5.41) is 3.19. The average Bonchev–Trinajstić information content (AvgIpc) is 2.77. The van der Waals surface area contributed by atoms with Gasteiger partial charge in [0.1, 0.15) is 5.82 Å². The molecule has 4 nitrogen and oxygen atoms in total. The van der Waals surface area contributed by atoms with E-state index in [2.05, 4.69) is 10.0 Å². The minimum Gasteiger partial charge on any atom is -0.316 e. The maximum absolute atomic E-state index is 13.2. The smallest absolute Gasteiger partial charge is 0.241 e. The number of rotatable bonds is 4. The lowest BCUT2D eigenvalue weighted by Crippen LogP contribution is -2.31. The summed E-state index contributed by atoms with van der Waals surface area (Å²) in [4.78, 5) is 0.194. The molecule has 6 heteroatoms. The predicted molar refractivity (Wildman–Crippen MR) is 72.0 cm³/mol. The Hall–Kier alpha value is -0.980. The predicted octanol–water partition coefficient (Wildman–Crippen LogP) is 1.33. The first-order valence-corrected chi connectivity index (χ1v) is 7.85. The van der Waals surface area contributed by atoms with Gasteiger partial charge in [0, 0.05) is 6.54 Å². The summed E-state index contributed by atoms with van der Waals surface area (Å²) >= 11 is 0. The number of sulfonamides is 1. The minimum atomic E-state index is -3.57. The molecular weight excluding hydrogens is 267 g/mol. The monoisotopic (exact) mass is 286 g/mol. The molecule has 0 saturated carbocycles. The minimum absolute atomic E-state index is 0.194. The van der Waals surface area contributed by atoms with Crippen LogP contribution in [-0.4, -0.2) is 28.1 Å². The number of hydrogen-bond donors (Lipinski definition) is 2. The van der Waals surface area contributed by atoms with Crippen LogP contribution < -0.4 is 10.0 Å². The largest absolute Gasteiger partial charge is 0.316 e. The zero-order valence-electron chi connectivity index (χ0n) is 11.2. The van der Waals surface area contributed by atoms with Crippen LogP contribution in [0.2, 0.25) is 0 Å². The topological polar surface area (TPSA) is 58.2 Å². The molecular formula is C13H19FN2O2S. The van der Waals surface area contributed by atoms with Crippen LogP contribution in [0.3, 0.4) is 0 Å². The molecule has 1 aliphatic rings. The van der Waals surface area contributed by atoms with Gasteiger partial charge < -0.3 is 5.32 Å². The average molecular weight is 286 g/mol. The fraction of sp³-hybridized carbons (Fsp3) is 0.538. The Labute approximate surface area is 113 Å². The van der Waals surface area contributed by atoms with Gasteiger partial charge in [-0.05, 0) is 62.5 Å². The molecule has 1 aromatic rings. The Kier molecular flexibility index (Phi) is 4.23. The SMILES string of the molecule is Cc1cc(F)cc(C)c1S(=O)(=O)NCC1CCNC1. The van der Waals surface area contributed by atoms with E-state index in [9.17, 15) is 12.8 Å². The normalized spacial score (nSPS) is 19.8. The van der Waals surface area contributed by atoms with Crippen LogP contribution in [0, 0.1) is 25.6 Å². The highest BCUT2D eigenvalue weighted by atomic mass is 32.2. The zero-order valence-corrected chi connectivity index (χ0v) is 12.0. The molecule has 106 valence electrons. The summed E-state index contributed by atoms with van der Waals surface area (Å²) in [5.41, 5.74) is 0.879. The molecule has 0 bridgehead atoms. The van der Waals surface area contributed by atoms with Crippen LogP contribution in [-0.2, 0) is 10.0 Å². The van der Waals surface area contributed by atoms with Gasteiger partial charge in [0.25, 0.3) is 0 Å².